The van der Waals surface area contributed by atoms with Crippen molar-refractivity contribution in [2.75, 3.05) is 10.7 Å². The molecule has 0 N–H and O–H groups in total. The average molecular weight is 1550 g/mol. The minimum Gasteiger partial charge on any atom is -0.869 e. The number of hydrogen-bond donors (Lipinski definition) is 0. The maximum Gasteiger partial charge on any atom is 3.00 e. The summed E-state index contributed by atoms with van der Waals surface area (Å²) in [4.78, 5) is 21.4. The minimum absolute atomic E-state index is 0. The van der Waals surface area contributed by atoms with E-state index in [4.69, 9.17) is 69.6 Å². The van der Waals surface area contributed by atoms with Crippen LogP contribution < -0.4 is 10.2 Å². The van der Waals surface area contributed by atoms with E-state index in [-0.39, 0.29) is 87.0 Å². The molecule has 1 aliphatic carbocycles. The second-order valence-corrected chi connectivity index (χ2v) is 18.8. The molecule has 0 fully saturated rings. The maximum atomic E-state index is 10.7. The number of rotatable bonds is 12. The molecule has 0 atom stereocenters. The van der Waals surface area contributed by atoms with Crippen molar-refractivity contribution >= 4 is 110 Å². The van der Waals surface area contributed by atoms with E-state index in [2.05, 4.69) is 61.2 Å². The molecule has 0 saturated heterocycles. The normalized spacial score (nSPS) is 11.6. The van der Waals surface area contributed by atoms with Crippen molar-refractivity contribution in [1.29, 1.82) is 0 Å². The topological polar surface area (TPSA) is 294 Å². The fraction of sp³-hybridized carbons (Fsp3) is 0.0455. The van der Waals surface area contributed by atoms with Crippen LogP contribution in [0.2, 0.25) is 0 Å². The third-order valence-electron chi connectivity index (χ3n) is 11.4. The average Bonchev–Trinajstić information content (AvgIpc) is 3.96. The molecule has 0 aliphatic heterocycles. The zero-order chi connectivity index (χ0) is 58.1. The first-order valence-corrected chi connectivity index (χ1v) is 27.0. The Morgan fingerprint density at radius 2 is 0.393 bits per heavy atom. The summed E-state index contributed by atoms with van der Waals surface area (Å²) in [5.74, 6) is -4.92. The number of ketones is 2. The van der Waals surface area contributed by atoms with Crippen molar-refractivity contribution in [3.63, 3.8) is 0 Å². The van der Waals surface area contributed by atoms with Gasteiger partial charge in [0.1, 0.15) is 0 Å². The second-order valence-electron chi connectivity index (χ2n) is 16.4. The molecule has 438 valence electrons. The molecule has 28 nitrogen and oxygen atoms in total. The Balaban J connectivity index is 0.000000187. The summed E-state index contributed by atoms with van der Waals surface area (Å²) >= 11 is 29.2. The third-order valence-corrected chi connectivity index (χ3v) is 12.1. The number of Topliss-reactive ketones (excluding diaryl/α,β-unsaturated/α-hetero) is 2. The number of aromatic nitrogens is 24. The van der Waals surface area contributed by atoms with Gasteiger partial charge in [-0.05, 0) is 159 Å². The van der Waals surface area contributed by atoms with Crippen LogP contribution in [0.1, 0.15) is 0 Å². The second kappa shape index (κ2) is 36.4. The Morgan fingerprint density at radius 3 is 0.476 bits per heavy atom. The van der Waals surface area contributed by atoms with E-state index in [0.29, 0.717) is 0 Å². The predicted octanol–water partition coefficient (Wildman–Crippen LogP) is 1.35. The molecular formula is C44H44B4Cl6Dy2N24O4. The van der Waals surface area contributed by atoms with E-state index < -0.39 is 61.6 Å². The first-order valence-electron chi connectivity index (χ1n) is 24.2. The Labute approximate surface area is 569 Å². The van der Waals surface area contributed by atoms with Crippen LogP contribution in [0.15, 0.2) is 243 Å². The standard InChI is InChI=1S/4C9H10BN6.C6H2Cl2O4.2CH2Cl2.2Dy/c4*1-4-11-14(7-1)10(15-8-2-5-12-15)16-9-3-6-13-16;7-1-3(9)5(11)2(8)6(12)4(1)10;2*2-1-3;;/h4*1-10H;9,12H;2*1H2;;/q4*-1;;;;2*+3/p-2. The summed E-state index contributed by atoms with van der Waals surface area (Å²) in [5.41, 5.74) is 0. The van der Waals surface area contributed by atoms with Gasteiger partial charge in [-0.25, -0.2) is 61.2 Å². The van der Waals surface area contributed by atoms with Crippen LogP contribution in [-0.2, 0) is 9.59 Å². The van der Waals surface area contributed by atoms with Crippen molar-refractivity contribution in [1.82, 2.24) is 116 Å². The Morgan fingerprint density at radius 1 is 0.286 bits per heavy atom. The van der Waals surface area contributed by atoms with Crippen molar-refractivity contribution in [3.05, 3.63) is 243 Å². The van der Waals surface area contributed by atoms with Gasteiger partial charge in [-0.1, -0.05) is 23.2 Å². The fourth-order valence-electron chi connectivity index (χ4n) is 8.00. The summed E-state index contributed by atoms with van der Waals surface area (Å²) in [6.07, 6.45) is 44.1. The number of carbonyl (C=O) groups excluding carboxylic acids is 2. The summed E-state index contributed by atoms with van der Waals surface area (Å²) in [7, 11) is -4.50. The number of halogens is 6. The smallest absolute Gasteiger partial charge is 0.869 e. The first-order chi connectivity index (χ1) is 40.1. The summed E-state index contributed by atoms with van der Waals surface area (Å²) < 4.78 is 22.5. The van der Waals surface area contributed by atoms with E-state index in [1.165, 1.54) is 0 Å². The van der Waals surface area contributed by atoms with Gasteiger partial charge in [-0.2, -0.15) is 0 Å². The summed E-state index contributed by atoms with van der Waals surface area (Å²) in [6.45, 7) is 0. The van der Waals surface area contributed by atoms with E-state index in [9.17, 15) is 19.8 Å². The summed E-state index contributed by atoms with van der Waals surface area (Å²) in [6, 6.07) is 22.7. The monoisotopic (exact) mass is 1550 g/mol. The molecule has 2 radical (unpaired) electrons. The molecule has 0 spiro atoms. The summed E-state index contributed by atoms with van der Waals surface area (Å²) in [5, 5.41) is 71.1. The molecule has 84 heavy (non-hydrogen) atoms. The van der Waals surface area contributed by atoms with Crippen LogP contribution in [0, 0.1) is 76.3 Å². The van der Waals surface area contributed by atoms with Gasteiger partial charge in [-0.15, -0.1) is 46.4 Å². The number of nitrogens with zero attached hydrogens (tertiary/aromatic N) is 24. The van der Waals surface area contributed by atoms with Gasteiger partial charge < -0.3 is 65.3 Å². The molecule has 13 rings (SSSR count). The Kier molecular flexibility index (Phi) is 29.5. The molecule has 0 saturated carbocycles. The maximum absolute atomic E-state index is 10.7. The Bertz CT molecular complexity index is 2840. The molecule has 0 amide bonds. The fourth-order valence-corrected chi connectivity index (χ4v) is 8.34. The van der Waals surface area contributed by atoms with E-state index in [1.807, 2.05) is 202 Å². The van der Waals surface area contributed by atoms with E-state index in [0.717, 1.165) is 0 Å². The van der Waals surface area contributed by atoms with Crippen LogP contribution in [0.4, 0.5) is 0 Å². The van der Waals surface area contributed by atoms with Crippen molar-refractivity contribution in [2.24, 2.45) is 0 Å². The van der Waals surface area contributed by atoms with Crippen LogP contribution in [-0.4, -0.2) is 167 Å². The van der Waals surface area contributed by atoms with Crippen LogP contribution in [0.3, 0.4) is 0 Å². The quantitative estimate of drug-likeness (QED) is 0.0948. The van der Waals surface area contributed by atoms with Crippen LogP contribution in [0.5, 0.6) is 0 Å². The molecular weight excluding hydrogens is 1510 g/mol. The molecule has 40 heteroatoms. The number of allylic oxidation sites excluding steroid dienone is 2. The molecule has 1 aliphatic rings. The molecule has 12 heterocycles. The van der Waals surface area contributed by atoms with Gasteiger partial charge in [0.2, 0.25) is 0 Å². The van der Waals surface area contributed by atoms with Gasteiger partial charge in [0, 0.05) is 74.4 Å². The molecule has 0 bridgehead atoms. The molecule has 12 aromatic rings. The molecule has 0 unspecified atom stereocenters. The predicted molar refractivity (Wildman–Crippen MR) is 309 cm³/mol. The third kappa shape index (κ3) is 18.7. The van der Waals surface area contributed by atoms with E-state index >= 15 is 0 Å². The number of hydrogen-bond acceptors (Lipinski definition) is 16. The minimum atomic E-state index is -1.23. The van der Waals surface area contributed by atoms with Crippen molar-refractivity contribution in [2.45, 2.75) is 0 Å². The van der Waals surface area contributed by atoms with Gasteiger partial charge in [0.15, 0.2) is 11.6 Å². The zero-order valence-electron chi connectivity index (χ0n) is 43.3. The van der Waals surface area contributed by atoms with Gasteiger partial charge in [0.25, 0.3) is 0 Å². The molecule has 12 aromatic heterocycles. The van der Waals surface area contributed by atoms with E-state index in [1.54, 1.807) is 74.4 Å². The largest absolute Gasteiger partial charge is 3.00 e. The number of alkyl halides is 4. The first kappa shape index (κ1) is 68.3. The van der Waals surface area contributed by atoms with Crippen molar-refractivity contribution < 1.29 is 96.1 Å². The zero-order valence-corrected chi connectivity index (χ0v) is 51.9. The Hall–Kier alpha value is -6.51. The van der Waals surface area contributed by atoms with Crippen LogP contribution >= 0.6 is 69.6 Å². The van der Waals surface area contributed by atoms with Crippen molar-refractivity contribution in [3.8, 4) is 0 Å². The molecule has 0 aromatic carbocycles. The van der Waals surface area contributed by atoms with Gasteiger partial charge >= 0.3 is 105 Å². The van der Waals surface area contributed by atoms with Gasteiger partial charge in [0.05, 0.1) is 20.7 Å². The van der Waals surface area contributed by atoms with Gasteiger partial charge in [-0.3, -0.25) is 9.59 Å². The number of carbonyl (C=O) groups is 2. The van der Waals surface area contributed by atoms with Crippen LogP contribution in [0.25, 0.3) is 0 Å². The SMILES string of the molecule is ClCCl.ClCCl.O=C1C([O-])=C(Cl)C(=O)C([O-])=C1Cl.[Dy+3].[Dy+3].c1cnn([BH-](n2cccn2)n2cccn2)c1.c1cnn([BH-](n2cccn2)n2cccn2)c1.c1cnn([BH-](n2cccn2)n2cccn2)c1.c1cnn([BH-](n2cccn2)n2cccn2)c1.